The number of phenols is 2. The number of allylic oxidation sites excluding steroid dienone is 4. The van der Waals surface area contributed by atoms with Crippen molar-refractivity contribution in [2.45, 2.75) is 77.3 Å². The molecule has 0 unspecified atom stereocenters. The second kappa shape index (κ2) is 25.2. The van der Waals surface area contributed by atoms with Gasteiger partial charge in [0.1, 0.15) is 29.8 Å². The molecular weight excluding hydrogens is 903 g/mol. The van der Waals surface area contributed by atoms with Gasteiger partial charge in [0.05, 0.1) is 0 Å². The quantitative estimate of drug-likeness (QED) is 0.0731. The van der Waals surface area contributed by atoms with Gasteiger partial charge in [0.2, 0.25) is 0 Å². The van der Waals surface area contributed by atoms with Crippen LogP contribution in [0.25, 0.3) is 0 Å². The number of phenolic OH excluding ortho intramolecular Hbond substituents is 2. The van der Waals surface area contributed by atoms with Crippen molar-refractivity contribution in [2.75, 3.05) is 29.0 Å². The van der Waals surface area contributed by atoms with Crippen LogP contribution in [0.1, 0.15) is 83.3 Å². The second-order valence-electron chi connectivity index (χ2n) is 19.2. The van der Waals surface area contributed by atoms with Gasteiger partial charge in [0, 0.05) is 52.1 Å². The number of hydrogen-bond donors (Lipinski definition) is 3. The number of carbonyl (C=O) groups excluding carboxylic acids is 1. The van der Waals surface area contributed by atoms with E-state index in [2.05, 4.69) is 137 Å². The summed E-state index contributed by atoms with van der Waals surface area (Å²) in [5.74, 6) is 2.59. The first-order valence-electron chi connectivity index (χ1n) is 24.6. The predicted octanol–water partition coefficient (Wildman–Crippen LogP) is 14.1. The molecule has 0 fully saturated rings. The Labute approximate surface area is 433 Å². The van der Waals surface area contributed by atoms with Gasteiger partial charge in [-0.05, 0) is 131 Å². The number of nitrogens with zero attached hydrogens (tertiary/aromatic N) is 2. The molecule has 0 saturated heterocycles. The molecule has 0 amide bonds. The summed E-state index contributed by atoms with van der Waals surface area (Å²) in [6.07, 6.45) is 10.3. The van der Waals surface area contributed by atoms with Crippen LogP contribution in [-0.4, -0.2) is 30.5 Å². The minimum atomic E-state index is -0.250. The summed E-state index contributed by atoms with van der Waals surface area (Å²) < 4.78 is 12.7. The van der Waals surface area contributed by atoms with E-state index in [1.165, 1.54) is 44.8 Å². The summed E-state index contributed by atoms with van der Waals surface area (Å²) >= 11 is 0. The third-order valence-electron chi connectivity index (χ3n) is 13.5. The molecule has 4 N–H and O–H groups in total. The van der Waals surface area contributed by atoms with Crippen LogP contribution in [0.5, 0.6) is 23.0 Å². The topological polar surface area (TPSA) is 108 Å². The van der Waals surface area contributed by atoms with Crippen molar-refractivity contribution in [1.82, 2.24) is 0 Å². The highest BCUT2D eigenvalue weighted by Crippen LogP contribution is 2.43. The number of benzene rings is 7. The van der Waals surface area contributed by atoms with Gasteiger partial charge in [0.15, 0.2) is 13.5 Å². The van der Waals surface area contributed by atoms with E-state index < -0.39 is 0 Å². The molecule has 9 rings (SSSR count). The largest absolute Gasteiger partial charge is 0.508 e. The summed E-state index contributed by atoms with van der Waals surface area (Å²) in [4.78, 5) is 12.6. The molecule has 376 valence electrons. The minimum Gasteiger partial charge on any atom is -0.508 e. The average molecular weight is 974 g/mol. The normalized spacial score (nSPS) is 12.5. The Morgan fingerprint density at radius 1 is 0.479 bits per heavy atom. The van der Waals surface area contributed by atoms with E-state index >= 15 is 0 Å². The molecule has 0 spiro atoms. The Balaban J connectivity index is 0.000000227. The van der Waals surface area contributed by atoms with E-state index in [1.54, 1.807) is 24.3 Å². The van der Waals surface area contributed by atoms with E-state index in [-0.39, 0.29) is 10.8 Å². The Morgan fingerprint density at radius 2 is 0.808 bits per heavy atom. The number of carbonyl (C=O) groups is 1. The first-order chi connectivity index (χ1) is 35.3. The molecule has 0 radical (unpaired) electrons. The van der Waals surface area contributed by atoms with E-state index in [4.69, 9.17) is 20.0 Å². The van der Waals surface area contributed by atoms with Crippen LogP contribution in [0.3, 0.4) is 0 Å². The number of para-hydroxylation sites is 3. The van der Waals surface area contributed by atoms with Gasteiger partial charge in [-0.25, -0.2) is 0 Å². The van der Waals surface area contributed by atoms with Gasteiger partial charge in [-0.15, -0.1) is 26.3 Å². The van der Waals surface area contributed by atoms with Crippen molar-refractivity contribution < 1.29 is 24.5 Å². The molecule has 73 heavy (non-hydrogen) atoms. The molecule has 7 aromatic carbocycles. The lowest BCUT2D eigenvalue weighted by molar-refractivity contribution is -0.0980. The van der Waals surface area contributed by atoms with E-state index in [0.29, 0.717) is 37.8 Å². The van der Waals surface area contributed by atoms with Gasteiger partial charge in [-0.1, -0.05) is 143 Å². The number of nitrogen functional groups attached to an aromatic ring is 1. The third-order valence-corrected chi connectivity index (χ3v) is 13.5. The Hall–Kier alpha value is -8.23. The van der Waals surface area contributed by atoms with E-state index in [9.17, 15) is 10.2 Å². The Kier molecular flexibility index (Phi) is 18.7. The number of rotatable bonds is 14. The summed E-state index contributed by atoms with van der Waals surface area (Å²) in [6.45, 7) is 29.2. The molecule has 2 aliphatic rings. The summed E-state index contributed by atoms with van der Waals surface area (Å²) in [5, 5.41) is 19.9. The molecule has 8 heteroatoms. The lowest BCUT2D eigenvalue weighted by atomic mass is 9.75. The highest BCUT2D eigenvalue weighted by atomic mass is 16.5. The minimum absolute atomic E-state index is 0.243. The maximum absolute atomic E-state index is 9.96. The van der Waals surface area contributed by atoms with Crippen LogP contribution < -0.4 is 25.0 Å². The maximum atomic E-state index is 9.96. The number of anilines is 3. The van der Waals surface area contributed by atoms with Crippen molar-refractivity contribution in [2.24, 2.45) is 0 Å². The number of fused-ring (bicyclic) bond motifs is 2. The standard InChI is InChI=1S/C37H38N2O2.C21H24O2.C6H7N.CH2O/c1-5-13-27-19-31(21-29-23-38(25-40-35(27)29)33-15-9-7-10-16-33)37(3,4)32-20-28(14-6-2)36-30(22-32)24-39(26-41-36)34-17-11-8-12-18-34;1-5-7-15-13-17(9-11-19(15)22)21(3,4)18-10-12-20(23)16(14-18)8-6-2;7-6-4-2-1-3-5-6;1-2/h5-12,15-22H,1-2,13-14,23-26H2,3-4H3;5-6,9-14,22-23H,1-2,7-8H2,3-4H3;1-5H,7H2;1H2. The summed E-state index contributed by atoms with van der Waals surface area (Å²) in [7, 11) is 0. The number of ether oxygens (including phenoxy) is 2. The fourth-order valence-corrected chi connectivity index (χ4v) is 9.22. The molecule has 8 nitrogen and oxygen atoms in total. The first kappa shape index (κ1) is 54.1. The zero-order valence-corrected chi connectivity index (χ0v) is 43.0. The Morgan fingerprint density at radius 3 is 1.15 bits per heavy atom. The molecule has 0 aromatic heterocycles. The molecule has 0 aliphatic carbocycles. The van der Waals surface area contributed by atoms with Gasteiger partial charge in [-0.2, -0.15) is 0 Å². The van der Waals surface area contributed by atoms with Gasteiger partial charge < -0.3 is 40.0 Å². The first-order valence-corrected chi connectivity index (χ1v) is 24.6. The highest BCUT2D eigenvalue weighted by molar-refractivity contribution is 5.59. The number of hydrogen-bond acceptors (Lipinski definition) is 8. The molecule has 2 aliphatic heterocycles. The monoisotopic (exact) mass is 974 g/mol. The van der Waals surface area contributed by atoms with Crippen molar-refractivity contribution in [3.63, 3.8) is 0 Å². The lowest BCUT2D eigenvalue weighted by Gasteiger charge is -2.36. The van der Waals surface area contributed by atoms with Gasteiger partial charge in [0.25, 0.3) is 0 Å². The van der Waals surface area contributed by atoms with Crippen molar-refractivity contribution in [3.8, 4) is 23.0 Å². The van der Waals surface area contributed by atoms with E-state index in [1.807, 2.05) is 85.7 Å². The lowest BCUT2D eigenvalue weighted by Crippen LogP contribution is -2.33. The maximum Gasteiger partial charge on any atom is 0.161 e. The van der Waals surface area contributed by atoms with Crippen molar-refractivity contribution in [3.05, 3.63) is 258 Å². The Bertz CT molecular complexity index is 2790. The molecule has 0 saturated carbocycles. The van der Waals surface area contributed by atoms with Crippen LogP contribution in [0.2, 0.25) is 0 Å². The zero-order valence-electron chi connectivity index (χ0n) is 43.0. The number of aromatic hydroxyl groups is 2. The van der Waals surface area contributed by atoms with Gasteiger partial charge >= 0.3 is 0 Å². The van der Waals surface area contributed by atoms with Crippen LogP contribution in [0, 0.1) is 0 Å². The molecule has 0 bridgehead atoms. The highest BCUT2D eigenvalue weighted by Gasteiger charge is 2.31. The van der Waals surface area contributed by atoms with Crippen LogP contribution in [-0.2, 0) is 54.4 Å². The predicted molar refractivity (Wildman–Crippen MR) is 303 cm³/mol. The fraction of sp³-hybridized carbons (Fsp3) is 0.215. The fourth-order valence-electron chi connectivity index (χ4n) is 9.22. The summed E-state index contributed by atoms with van der Waals surface area (Å²) in [6, 6.07) is 51.2. The SMILES string of the molecule is C=CCc1cc(C(C)(C)c2cc(CC=C)c3c(c2)CN(c2ccccc2)CO3)cc2c1OCN(c1ccccc1)C2.C=CCc1cc(C(C)(C)c2ccc(O)c(CC=C)c2)ccc1O.C=O.Nc1ccccc1. The molecule has 0 atom stereocenters. The molecular formula is C65H71N3O5. The molecule has 2 heterocycles. The van der Waals surface area contributed by atoms with Crippen molar-refractivity contribution >= 4 is 23.9 Å². The smallest absolute Gasteiger partial charge is 0.161 e. The average Bonchev–Trinajstić information content (AvgIpc) is 3.41. The van der Waals surface area contributed by atoms with Crippen LogP contribution in [0.4, 0.5) is 17.1 Å². The third kappa shape index (κ3) is 13.2. The van der Waals surface area contributed by atoms with E-state index in [0.717, 1.165) is 65.4 Å². The molecule has 7 aromatic rings. The van der Waals surface area contributed by atoms with Crippen LogP contribution in [0.15, 0.2) is 202 Å². The zero-order chi connectivity index (χ0) is 52.5. The second-order valence-corrected chi connectivity index (χ2v) is 19.2. The van der Waals surface area contributed by atoms with Crippen LogP contribution >= 0.6 is 0 Å². The van der Waals surface area contributed by atoms with Crippen molar-refractivity contribution in [1.29, 1.82) is 0 Å². The number of nitrogens with two attached hydrogens (primary N) is 1. The van der Waals surface area contributed by atoms with Gasteiger partial charge in [-0.3, -0.25) is 0 Å². The summed E-state index contributed by atoms with van der Waals surface area (Å²) in [5.41, 5.74) is 19.3.